The summed E-state index contributed by atoms with van der Waals surface area (Å²) in [6.45, 7) is 1.73. The highest BCUT2D eigenvalue weighted by atomic mass is 35.5. The molecule has 0 aromatic rings. The van der Waals surface area contributed by atoms with Crippen molar-refractivity contribution in [2.75, 3.05) is 0 Å². The Morgan fingerprint density at radius 3 is 2.22 bits per heavy atom. The molecule has 9 heavy (non-hydrogen) atoms. The molecule has 4 heteroatoms. The Morgan fingerprint density at radius 1 is 1.78 bits per heavy atom. The molecule has 0 aromatic heterocycles. The van der Waals surface area contributed by atoms with Crippen molar-refractivity contribution >= 4 is 28.4 Å². The van der Waals surface area contributed by atoms with E-state index in [0.717, 1.165) is 0 Å². The Labute approximate surface area is 63.8 Å². The van der Waals surface area contributed by atoms with Gasteiger partial charge in [-0.3, -0.25) is 4.79 Å². The van der Waals surface area contributed by atoms with Gasteiger partial charge in [-0.1, -0.05) is 18.5 Å². The van der Waals surface area contributed by atoms with Crippen LogP contribution in [0.5, 0.6) is 0 Å². The van der Waals surface area contributed by atoms with Gasteiger partial charge in [-0.2, -0.15) is 0 Å². The van der Waals surface area contributed by atoms with Gasteiger partial charge in [0.25, 0.3) is 0 Å². The van der Waals surface area contributed by atoms with E-state index in [1.54, 1.807) is 6.92 Å². The number of aliphatic hydroxyl groups is 1. The van der Waals surface area contributed by atoms with E-state index in [0.29, 0.717) is 6.42 Å². The molecule has 0 aliphatic heterocycles. The molecule has 0 heterocycles. The van der Waals surface area contributed by atoms with Gasteiger partial charge in [-0.25, -0.2) is 0 Å². The number of rotatable bonds is 3. The zero-order valence-corrected chi connectivity index (χ0v) is 6.49. The van der Waals surface area contributed by atoms with Crippen LogP contribution in [0.25, 0.3) is 0 Å². The van der Waals surface area contributed by atoms with E-state index >= 15 is 0 Å². The lowest BCUT2D eigenvalue weighted by molar-refractivity contribution is -0.116. The normalized spacial score (nSPS) is 16.9. The summed E-state index contributed by atoms with van der Waals surface area (Å²) in [6.07, 6.45) is 0.465. The van der Waals surface area contributed by atoms with Crippen LogP contribution in [0.15, 0.2) is 0 Å². The van der Waals surface area contributed by atoms with E-state index in [1.165, 1.54) is 0 Å². The number of carbonyl (C=O) groups is 1. The first-order chi connectivity index (χ1) is 4.09. The molecule has 0 rings (SSSR count). The fourth-order valence-electron chi connectivity index (χ4n) is 0.463. The largest absolute Gasteiger partial charge is 0.377 e. The summed E-state index contributed by atoms with van der Waals surface area (Å²) in [5, 5.41) is 8.06. The first-order valence-electron chi connectivity index (χ1n) is 2.61. The van der Waals surface area contributed by atoms with Crippen LogP contribution < -0.4 is 0 Å². The van der Waals surface area contributed by atoms with Crippen LogP contribution in [0, 0.1) is 5.92 Å². The van der Waals surface area contributed by atoms with Gasteiger partial charge in [0.1, 0.15) is 5.56 Å². The van der Waals surface area contributed by atoms with Crippen LogP contribution in [0.4, 0.5) is 0 Å². The molecule has 2 nitrogen and oxygen atoms in total. The highest BCUT2D eigenvalue weighted by Gasteiger charge is 2.20. The van der Waals surface area contributed by atoms with Crippen molar-refractivity contribution in [3.8, 4) is 0 Å². The molecule has 0 bridgehead atoms. The lowest BCUT2D eigenvalue weighted by Gasteiger charge is -2.09. The molecule has 0 fully saturated rings. The number of halogens is 2. The van der Waals surface area contributed by atoms with E-state index in [4.69, 9.17) is 28.3 Å². The van der Waals surface area contributed by atoms with E-state index in [9.17, 15) is 4.79 Å². The lowest BCUT2D eigenvalue weighted by Crippen LogP contribution is -2.19. The highest BCUT2D eigenvalue weighted by molar-refractivity contribution is 6.64. The third kappa shape index (κ3) is 3.04. The maximum Gasteiger partial charge on any atom is 0.228 e. The van der Waals surface area contributed by atoms with Gasteiger partial charge >= 0.3 is 0 Å². The molecule has 0 spiro atoms. The molecule has 0 aromatic carbocycles. The highest BCUT2D eigenvalue weighted by Crippen LogP contribution is 2.14. The van der Waals surface area contributed by atoms with Crippen LogP contribution >= 0.6 is 23.2 Å². The number of hydrogen-bond donors (Lipinski definition) is 1. The van der Waals surface area contributed by atoms with Crippen molar-refractivity contribution in [3.63, 3.8) is 0 Å². The predicted molar refractivity (Wildman–Crippen MR) is 36.5 cm³/mol. The second-order valence-electron chi connectivity index (χ2n) is 1.69. The maximum atomic E-state index is 10.3. The Balaban J connectivity index is 3.83. The van der Waals surface area contributed by atoms with E-state index < -0.39 is 16.7 Å². The van der Waals surface area contributed by atoms with Crippen LogP contribution in [-0.2, 0) is 4.79 Å². The van der Waals surface area contributed by atoms with Crippen LogP contribution in [0.1, 0.15) is 13.3 Å². The second kappa shape index (κ2) is 4.09. The molecule has 54 valence electrons. The van der Waals surface area contributed by atoms with Gasteiger partial charge in [-0.15, -0.1) is 0 Å². The number of hydrogen-bond acceptors (Lipinski definition) is 2. The maximum absolute atomic E-state index is 10.3. The predicted octanol–water partition coefficient (Wildman–Crippen LogP) is 1.34. The van der Waals surface area contributed by atoms with E-state index in [1.807, 2.05) is 0 Å². The molecule has 0 saturated heterocycles. The van der Waals surface area contributed by atoms with Crippen molar-refractivity contribution in [1.82, 2.24) is 0 Å². The quantitative estimate of drug-likeness (QED) is 0.513. The molecule has 1 N–H and O–H groups in total. The number of aliphatic hydroxyl groups excluding tert-OH is 1. The van der Waals surface area contributed by atoms with Crippen molar-refractivity contribution in [2.24, 2.45) is 5.92 Å². The standard InChI is InChI=1S/C5H8Cl2O2/c1-2-3(4(6)8)5(7)9/h3-4,8H,2H2,1H3. The monoisotopic (exact) mass is 170 g/mol. The summed E-state index contributed by atoms with van der Waals surface area (Å²) in [5.41, 5.74) is -1.15. The summed E-state index contributed by atoms with van der Waals surface area (Å²) in [5.74, 6) is -0.631. The van der Waals surface area contributed by atoms with Gasteiger partial charge in [0, 0.05) is 0 Å². The van der Waals surface area contributed by atoms with Crippen LogP contribution in [0.3, 0.4) is 0 Å². The summed E-state index contributed by atoms with van der Waals surface area (Å²) in [4.78, 5) is 10.3. The van der Waals surface area contributed by atoms with Crippen molar-refractivity contribution in [3.05, 3.63) is 0 Å². The molecule has 0 aliphatic rings. The third-order valence-corrected chi connectivity index (χ3v) is 1.65. The van der Waals surface area contributed by atoms with E-state index in [-0.39, 0.29) is 0 Å². The first kappa shape index (κ1) is 9.21. The minimum Gasteiger partial charge on any atom is -0.377 e. The zero-order chi connectivity index (χ0) is 7.44. The van der Waals surface area contributed by atoms with Gasteiger partial charge in [0.05, 0.1) is 5.92 Å². The summed E-state index contributed by atoms with van der Waals surface area (Å²) in [7, 11) is 0. The minimum absolute atomic E-state index is 0.465. The molecule has 0 radical (unpaired) electrons. The van der Waals surface area contributed by atoms with Crippen molar-refractivity contribution in [2.45, 2.75) is 18.9 Å². The Hall–Kier alpha value is 0.210. The first-order valence-corrected chi connectivity index (χ1v) is 3.42. The molecule has 2 unspecified atom stereocenters. The number of alkyl halides is 1. The fourth-order valence-corrected chi connectivity index (χ4v) is 1.09. The zero-order valence-electron chi connectivity index (χ0n) is 4.97. The summed E-state index contributed by atoms with van der Waals surface area (Å²) < 4.78 is 0. The molecule has 0 saturated carbocycles. The van der Waals surface area contributed by atoms with Gasteiger partial charge in [-0.05, 0) is 18.0 Å². The van der Waals surface area contributed by atoms with Crippen LogP contribution in [0.2, 0.25) is 0 Å². The topological polar surface area (TPSA) is 37.3 Å². The van der Waals surface area contributed by atoms with Gasteiger partial charge in [0.2, 0.25) is 5.24 Å². The second-order valence-corrected chi connectivity index (χ2v) is 2.51. The minimum atomic E-state index is -1.15. The molecule has 0 amide bonds. The van der Waals surface area contributed by atoms with Crippen LogP contribution in [-0.4, -0.2) is 15.9 Å². The van der Waals surface area contributed by atoms with Gasteiger partial charge in [0.15, 0.2) is 0 Å². The third-order valence-electron chi connectivity index (χ3n) is 1.06. The average molecular weight is 171 g/mol. The average Bonchev–Trinajstić information content (AvgIpc) is 1.64. The van der Waals surface area contributed by atoms with E-state index in [2.05, 4.69) is 0 Å². The Kier molecular flexibility index (Phi) is 4.19. The van der Waals surface area contributed by atoms with Crippen molar-refractivity contribution < 1.29 is 9.90 Å². The van der Waals surface area contributed by atoms with Gasteiger partial charge < -0.3 is 5.11 Å². The molecule has 2 atom stereocenters. The summed E-state index contributed by atoms with van der Waals surface area (Å²) >= 11 is 10.2. The number of carbonyl (C=O) groups excluding carboxylic acids is 1. The Morgan fingerprint density at radius 2 is 2.22 bits per heavy atom. The molecule has 0 aliphatic carbocycles. The smallest absolute Gasteiger partial charge is 0.228 e. The molecular formula is C5H8Cl2O2. The molecular weight excluding hydrogens is 163 g/mol. The fraction of sp³-hybridized carbons (Fsp3) is 0.800. The lowest BCUT2D eigenvalue weighted by atomic mass is 10.1. The summed E-state index contributed by atoms with van der Waals surface area (Å²) in [6, 6.07) is 0. The van der Waals surface area contributed by atoms with Crippen molar-refractivity contribution in [1.29, 1.82) is 0 Å². The Bertz CT molecular complexity index is 103. The SMILES string of the molecule is CCC(C(=O)Cl)C(O)Cl.